The number of nitrogens with two attached hydrogens (primary N) is 1. The van der Waals surface area contributed by atoms with Crippen LogP contribution in [0.25, 0.3) is 21.9 Å². The zero-order chi connectivity index (χ0) is 11.3. The van der Waals surface area contributed by atoms with E-state index in [1.807, 2.05) is 24.3 Å². The molecule has 2 nitrogen and oxygen atoms in total. The first-order valence-electron chi connectivity index (χ1n) is 4.73. The number of anilines is 1. The molecule has 0 fully saturated rings. The minimum absolute atomic E-state index is 0.391. The second-order valence-electron chi connectivity index (χ2n) is 3.56. The highest BCUT2D eigenvalue weighted by atomic mass is 35.5. The van der Waals surface area contributed by atoms with Crippen molar-refractivity contribution in [2.24, 2.45) is 0 Å². The van der Waals surface area contributed by atoms with Crippen LogP contribution < -0.4 is 5.73 Å². The Bertz CT molecular complexity index is 703. The Balaban J connectivity index is 2.62. The molecule has 0 saturated heterocycles. The predicted molar refractivity (Wildman–Crippen MR) is 68.2 cm³/mol. The molecule has 0 aliphatic rings. The monoisotopic (exact) mass is 251 g/mol. The zero-order valence-corrected chi connectivity index (χ0v) is 9.64. The minimum atomic E-state index is 0.391. The van der Waals surface area contributed by atoms with E-state index in [9.17, 15) is 0 Å². The van der Waals surface area contributed by atoms with Gasteiger partial charge in [0, 0.05) is 16.8 Å². The summed E-state index contributed by atoms with van der Waals surface area (Å²) in [7, 11) is 0. The SMILES string of the molecule is Nc1c(Cl)cc2oc3ccccc3c2c1Cl. The molecule has 3 aromatic rings. The summed E-state index contributed by atoms with van der Waals surface area (Å²) in [6.07, 6.45) is 0. The van der Waals surface area contributed by atoms with E-state index >= 15 is 0 Å². The molecular formula is C12H7Cl2NO. The number of hydrogen-bond acceptors (Lipinski definition) is 2. The molecular weight excluding hydrogens is 245 g/mol. The molecule has 1 heterocycles. The Hall–Kier alpha value is -1.38. The van der Waals surface area contributed by atoms with Crippen LogP contribution in [-0.2, 0) is 0 Å². The van der Waals surface area contributed by atoms with E-state index in [0.29, 0.717) is 21.3 Å². The molecule has 0 atom stereocenters. The van der Waals surface area contributed by atoms with Crippen molar-refractivity contribution in [2.75, 3.05) is 5.73 Å². The van der Waals surface area contributed by atoms with Crippen molar-refractivity contribution in [1.82, 2.24) is 0 Å². The van der Waals surface area contributed by atoms with Crippen molar-refractivity contribution in [3.05, 3.63) is 40.4 Å². The van der Waals surface area contributed by atoms with Crippen molar-refractivity contribution in [3.63, 3.8) is 0 Å². The van der Waals surface area contributed by atoms with Crippen molar-refractivity contribution in [3.8, 4) is 0 Å². The second-order valence-corrected chi connectivity index (χ2v) is 4.34. The highest BCUT2D eigenvalue weighted by Gasteiger charge is 2.14. The normalized spacial score (nSPS) is 11.4. The Labute approximate surface area is 102 Å². The summed E-state index contributed by atoms with van der Waals surface area (Å²) in [5.41, 5.74) is 7.62. The van der Waals surface area contributed by atoms with Gasteiger partial charge < -0.3 is 10.2 Å². The molecule has 0 aliphatic carbocycles. The van der Waals surface area contributed by atoms with Crippen LogP contribution in [0.2, 0.25) is 10.0 Å². The number of rotatable bonds is 0. The van der Waals surface area contributed by atoms with Crippen molar-refractivity contribution >= 4 is 50.8 Å². The van der Waals surface area contributed by atoms with Gasteiger partial charge in [0.15, 0.2) is 0 Å². The maximum absolute atomic E-state index is 6.18. The lowest BCUT2D eigenvalue weighted by Gasteiger charge is -2.01. The molecule has 0 unspecified atom stereocenters. The van der Waals surface area contributed by atoms with Crippen LogP contribution in [0.3, 0.4) is 0 Å². The third-order valence-electron chi connectivity index (χ3n) is 2.59. The fraction of sp³-hybridized carbons (Fsp3) is 0. The van der Waals surface area contributed by atoms with Crippen LogP contribution in [0, 0.1) is 0 Å². The molecule has 2 N–H and O–H groups in total. The van der Waals surface area contributed by atoms with Crippen LogP contribution in [0.15, 0.2) is 34.7 Å². The Kier molecular flexibility index (Phi) is 2.03. The lowest BCUT2D eigenvalue weighted by atomic mass is 10.1. The summed E-state index contributed by atoms with van der Waals surface area (Å²) < 4.78 is 5.64. The topological polar surface area (TPSA) is 39.2 Å². The maximum Gasteiger partial charge on any atom is 0.138 e. The Morgan fingerprint density at radius 3 is 2.62 bits per heavy atom. The van der Waals surface area contributed by atoms with E-state index in [-0.39, 0.29) is 0 Å². The fourth-order valence-electron chi connectivity index (χ4n) is 1.82. The van der Waals surface area contributed by atoms with Crippen molar-refractivity contribution in [1.29, 1.82) is 0 Å². The molecule has 0 spiro atoms. The summed E-state index contributed by atoms with van der Waals surface area (Å²) in [4.78, 5) is 0. The predicted octanol–water partition coefficient (Wildman–Crippen LogP) is 4.48. The summed E-state index contributed by atoms with van der Waals surface area (Å²) in [6.45, 7) is 0. The van der Waals surface area contributed by atoms with E-state index in [2.05, 4.69) is 0 Å². The first-order valence-corrected chi connectivity index (χ1v) is 5.49. The zero-order valence-electron chi connectivity index (χ0n) is 8.13. The number of hydrogen-bond donors (Lipinski definition) is 1. The molecule has 4 heteroatoms. The van der Waals surface area contributed by atoms with E-state index in [1.165, 1.54) is 0 Å². The largest absolute Gasteiger partial charge is 0.456 e. The van der Waals surface area contributed by atoms with Crippen LogP contribution >= 0.6 is 23.2 Å². The quantitative estimate of drug-likeness (QED) is 0.599. The molecule has 0 aliphatic heterocycles. The minimum Gasteiger partial charge on any atom is -0.456 e. The number of nitrogen functional groups attached to an aromatic ring is 1. The number of benzene rings is 2. The smallest absolute Gasteiger partial charge is 0.138 e. The highest BCUT2D eigenvalue weighted by molar-refractivity contribution is 6.44. The van der Waals surface area contributed by atoms with Gasteiger partial charge in [-0.25, -0.2) is 0 Å². The van der Waals surface area contributed by atoms with Crippen LogP contribution in [0.5, 0.6) is 0 Å². The third kappa shape index (κ3) is 1.20. The van der Waals surface area contributed by atoms with Gasteiger partial charge in [-0.2, -0.15) is 0 Å². The standard InChI is InChI=1S/C12H7Cl2NO/c13-7-5-9-10(11(14)12(7)15)6-3-1-2-4-8(6)16-9/h1-5H,15H2. The molecule has 3 rings (SSSR count). The third-order valence-corrected chi connectivity index (χ3v) is 3.30. The Morgan fingerprint density at radius 2 is 1.81 bits per heavy atom. The van der Waals surface area contributed by atoms with Gasteiger partial charge in [0.25, 0.3) is 0 Å². The van der Waals surface area contributed by atoms with Gasteiger partial charge in [0.2, 0.25) is 0 Å². The number of halogens is 2. The van der Waals surface area contributed by atoms with E-state index in [4.69, 9.17) is 33.4 Å². The maximum atomic E-state index is 6.18. The highest BCUT2D eigenvalue weighted by Crippen LogP contribution is 2.40. The number of para-hydroxylation sites is 1. The van der Waals surface area contributed by atoms with Gasteiger partial charge in [0.05, 0.1) is 15.7 Å². The Morgan fingerprint density at radius 1 is 1.06 bits per heavy atom. The molecule has 0 saturated carbocycles. The van der Waals surface area contributed by atoms with Gasteiger partial charge in [0.1, 0.15) is 11.2 Å². The molecule has 0 amide bonds. The molecule has 0 bridgehead atoms. The van der Waals surface area contributed by atoms with Crippen molar-refractivity contribution in [2.45, 2.75) is 0 Å². The van der Waals surface area contributed by atoms with Gasteiger partial charge >= 0.3 is 0 Å². The molecule has 80 valence electrons. The van der Waals surface area contributed by atoms with Gasteiger partial charge in [-0.1, -0.05) is 41.4 Å². The summed E-state index contributed by atoms with van der Waals surface area (Å²) >= 11 is 12.1. The van der Waals surface area contributed by atoms with Gasteiger partial charge in [-0.15, -0.1) is 0 Å². The van der Waals surface area contributed by atoms with E-state index in [0.717, 1.165) is 16.4 Å². The van der Waals surface area contributed by atoms with Gasteiger partial charge in [-0.3, -0.25) is 0 Å². The average Bonchev–Trinajstić information content (AvgIpc) is 2.64. The molecule has 16 heavy (non-hydrogen) atoms. The average molecular weight is 252 g/mol. The van der Waals surface area contributed by atoms with Crippen LogP contribution in [0.1, 0.15) is 0 Å². The van der Waals surface area contributed by atoms with Crippen LogP contribution in [-0.4, -0.2) is 0 Å². The van der Waals surface area contributed by atoms with Gasteiger partial charge in [-0.05, 0) is 6.07 Å². The first kappa shape index (κ1) is 9.82. The summed E-state index contributed by atoms with van der Waals surface area (Å²) in [6, 6.07) is 9.36. The molecule has 1 aromatic heterocycles. The summed E-state index contributed by atoms with van der Waals surface area (Å²) in [5.74, 6) is 0. The summed E-state index contributed by atoms with van der Waals surface area (Å²) in [5, 5.41) is 2.63. The lowest BCUT2D eigenvalue weighted by Crippen LogP contribution is -1.87. The lowest BCUT2D eigenvalue weighted by molar-refractivity contribution is 0.669. The first-order chi connectivity index (χ1) is 7.68. The number of fused-ring (bicyclic) bond motifs is 3. The molecule has 0 radical (unpaired) electrons. The van der Waals surface area contributed by atoms with E-state index in [1.54, 1.807) is 6.07 Å². The molecule has 2 aromatic carbocycles. The fourth-order valence-corrected chi connectivity index (χ4v) is 2.36. The number of furan rings is 1. The van der Waals surface area contributed by atoms with Crippen molar-refractivity contribution < 1.29 is 4.42 Å². The van der Waals surface area contributed by atoms with E-state index < -0.39 is 0 Å². The van der Waals surface area contributed by atoms with Crippen LogP contribution in [0.4, 0.5) is 5.69 Å². The second kappa shape index (κ2) is 3.30.